The standard InChI is InChI=1S/C10H10N4O2/c1-16-10(15)7-6-13-14(9(7)11)8-4-2-3-5-12-8/h2-6H,11H2,1H3. The van der Waals surface area contributed by atoms with Gasteiger partial charge in [-0.05, 0) is 12.1 Å². The summed E-state index contributed by atoms with van der Waals surface area (Å²) < 4.78 is 5.95. The third-order valence-corrected chi connectivity index (χ3v) is 2.08. The second kappa shape index (κ2) is 4.01. The van der Waals surface area contributed by atoms with Crippen LogP contribution in [0, 0.1) is 0 Å². The lowest BCUT2D eigenvalue weighted by Crippen LogP contribution is -2.08. The van der Waals surface area contributed by atoms with Gasteiger partial charge in [0.05, 0.1) is 13.3 Å². The molecule has 0 radical (unpaired) electrons. The Morgan fingerprint density at radius 1 is 1.50 bits per heavy atom. The highest BCUT2D eigenvalue weighted by molar-refractivity contribution is 5.94. The molecule has 0 aromatic carbocycles. The Labute approximate surface area is 91.7 Å². The van der Waals surface area contributed by atoms with Gasteiger partial charge >= 0.3 is 5.97 Å². The minimum absolute atomic E-state index is 0.213. The molecule has 6 nitrogen and oxygen atoms in total. The van der Waals surface area contributed by atoms with E-state index in [9.17, 15) is 4.79 Å². The van der Waals surface area contributed by atoms with E-state index in [1.165, 1.54) is 18.0 Å². The fraction of sp³-hybridized carbons (Fsp3) is 0.100. The number of esters is 1. The molecule has 0 amide bonds. The zero-order valence-electron chi connectivity index (χ0n) is 8.62. The van der Waals surface area contributed by atoms with Gasteiger partial charge in [-0.3, -0.25) is 0 Å². The topological polar surface area (TPSA) is 83.0 Å². The fourth-order valence-corrected chi connectivity index (χ4v) is 1.29. The van der Waals surface area contributed by atoms with Crippen LogP contribution in [-0.2, 0) is 4.74 Å². The second-order valence-electron chi connectivity index (χ2n) is 3.03. The molecular weight excluding hydrogens is 208 g/mol. The average molecular weight is 218 g/mol. The van der Waals surface area contributed by atoms with E-state index in [0.29, 0.717) is 5.82 Å². The first-order valence-electron chi connectivity index (χ1n) is 4.57. The highest BCUT2D eigenvalue weighted by Crippen LogP contribution is 2.15. The Bertz CT molecular complexity index is 507. The van der Waals surface area contributed by atoms with Gasteiger partial charge < -0.3 is 10.5 Å². The van der Waals surface area contributed by atoms with Crippen molar-refractivity contribution in [3.05, 3.63) is 36.2 Å². The number of anilines is 1. The molecule has 16 heavy (non-hydrogen) atoms. The van der Waals surface area contributed by atoms with Gasteiger partial charge in [-0.2, -0.15) is 9.78 Å². The van der Waals surface area contributed by atoms with Crippen molar-refractivity contribution in [1.29, 1.82) is 0 Å². The highest BCUT2D eigenvalue weighted by atomic mass is 16.5. The van der Waals surface area contributed by atoms with Crippen molar-refractivity contribution in [3.63, 3.8) is 0 Å². The molecule has 0 saturated carbocycles. The minimum atomic E-state index is -0.514. The van der Waals surface area contributed by atoms with Gasteiger partial charge in [-0.25, -0.2) is 9.78 Å². The Kier molecular flexibility index (Phi) is 2.55. The van der Waals surface area contributed by atoms with Crippen molar-refractivity contribution in [2.24, 2.45) is 0 Å². The van der Waals surface area contributed by atoms with Crippen LogP contribution in [0.3, 0.4) is 0 Å². The number of carbonyl (C=O) groups is 1. The number of aromatic nitrogens is 3. The zero-order chi connectivity index (χ0) is 11.5. The molecule has 2 aromatic rings. The predicted molar refractivity (Wildman–Crippen MR) is 57.1 cm³/mol. The van der Waals surface area contributed by atoms with Gasteiger partial charge in [0.1, 0.15) is 11.4 Å². The van der Waals surface area contributed by atoms with E-state index in [0.717, 1.165) is 0 Å². The van der Waals surface area contributed by atoms with Crippen LogP contribution in [0.4, 0.5) is 5.82 Å². The average Bonchev–Trinajstić information content (AvgIpc) is 2.71. The third-order valence-electron chi connectivity index (χ3n) is 2.08. The zero-order valence-corrected chi connectivity index (χ0v) is 8.62. The van der Waals surface area contributed by atoms with Crippen LogP contribution in [0.2, 0.25) is 0 Å². The summed E-state index contributed by atoms with van der Waals surface area (Å²) in [5.74, 6) is 0.250. The lowest BCUT2D eigenvalue weighted by molar-refractivity contribution is 0.0602. The highest BCUT2D eigenvalue weighted by Gasteiger charge is 2.16. The molecule has 2 rings (SSSR count). The van der Waals surface area contributed by atoms with Crippen LogP contribution in [0.1, 0.15) is 10.4 Å². The quantitative estimate of drug-likeness (QED) is 0.748. The molecule has 0 unspecified atom stereocenters. The normalized spacial score (nSPS) is 10.1. The van der Waals surface area contributed by atoms with E-state index in [1.54, 1.807) is 24.4 Å². The minimum Gasteiger partial charge on any atom is -0.465 e. The number of nitrogen functional groups attached to an aromatic ring is 1. The molecule has 0 bridgehead atoms. The van der Waals surface area contributed by atoms with Crippen molar-refractivity contribution in [2.45, 2.75) is 0 Å². The summed E-state index contributed by atoms with van der Waals surface area (Å²) in [5.41, 5.74) is 6.00. The van der Waals surface area contributed by atoms with Crippen LogP contribution < -0.4 is 5.73 Å². The van der Waals surface area contributed by atoms with Crippen molar-refractivity contribution >= 4 is 11.8 Å². The first kappa shape index (κ1) is 10.2. The van der Waals surface area contributed by atoms with Gasteiger partial charge in [0.15, 0.2) is 5.82 Å². The smallest absolute Gasteiger partial charge is 0.343 e. The second-order valence-corrected chi connectivity index (χ2v) is 3.03. The molecule has 2 N–H and O–H groups in total. The maximum absolute atomic E-state index is 11.3. The summed E-state index contributed by atoms with van der Waals surface area (Å²) in [6, 6.07) is 5.33. The number of nitrogens with two attached hydrogens (primary N) is 1. The molecule has 0 fully saturated rings. The molecule has 2 heterocycles. The van der Waals surface area contributed by atoms with Crippen LogP contribution in [-0.4, -0.2) is 27.8 Å². The van der Waals surface area contributed by atoms with Crippen LogP contribution in [0.5, 0.6) is 0 Å². The number of carbonyl (C=O) groups excluding carboxylic acids is 1. The monoisotopic (exact) mass is 218 g/mol. The fourth-order valence-electron chi connectivity index (χ4n) is 1.29. The van der Waals surface area contributed by atoms with E-state index in [4.69, 9.17) is 5.73 Å². The van der Waals surface area contributed by atoms with Crippen molar-refractivity contribution in [3.8, 4) is 5.82 Å². The van der Waals surface area contributed by atoms with E-state index in [-0.39, 0.29) is 11.4 Å². The van der Waals surface area contributed by atoms with Gasteiger partial charge in [-0.1, -0.05) is 6.07 Å². The molecule has 0 aliphatic rings. The molecule has 0 spiro atoms. The summed E-state index contributed by atoms with van der Waals surface area (Å²) in [6.07, 6.45) is 2.98. The van der Waals surface area contributed by atoms with E-state index in [1.807, 2.05) is 0 Å². The molecule has 2 aromatic heterocycles. The Morgan fingerprint density at radius 3 is 2.94 bits per heavy atom. The summed E-state index contributed by atoms with van der Waals surface area (Å²) >= 11 is 0. The largest absolute Gasteiger partial charge is 0.465 e. The number of pyridine rings is 1. The van der Waals surface area contributed by atoms with E-state index in [2.05, 4.69) is 14.8 Å². The van der Waals surface area contributed by atoms with Crippen molar-refractivity contribution in [1.82, 2.24) is 14.8 Å². The first-order valence-corrected chi connectivity index (χ1v) is 4.57. The molecule has 0 saturated heterocycles. The van der Waals surface area contributed by atoms with Gasteiger partial charge in [-0.15, -0.1) is 0 Å². The Balaban J connectivity index is 2.45. The molecular formula is C10H10N4O2. The molecule has 0 aliphatic carbocycles. The molecule has 0 atom stereocenters. The van der Waals surface area contributed by atoms with Crippen LogP contribution in [0.15, 0.2) is 30.6 Å². The third kappa shape index (κ3) is 1.60. The lowest BCUT2D eigenvalue weighted by Gasteiger charge is -2.02. The first-order chi connectivity index (χ1) is 7.74. The van der Waals surface area contributed by atoms with Gasteiger partial charge in [0.2, 0.25) is 0 Å². The van der Waals surface area contributed by atoms with Crippen LogP contribution >= 0.6 is 0 Å². The molecule has 82 valence electrons. The van der Waals surface area contributed by atoms with Gasteiger partial charge in [0, 0.05) is 6.20 Å². The predicted octanol–water partition coefficient (Wildman–Crippen LogP) is 0.636. The summed E-state index contributed by atoms with van der Waals surface area (Å²) in [6.45, 7) is 0. The SMILES string of the molecule is COC(=O)c1cnn(-c2ccccn2)c1N. The number of rotatable bonds is 2. The van der Waals surface area contributed by atoms with E-state index < -0.39 is 5.97 Å². The van der Waals surface area contributed by atoms with Crippen molar-refractivity contribution in [2.75, 3.05) is 12.8 Å². The Morgan fingerprint density at radius 2 is 2.31 bits per heavy atom. The number of hydrogen-bond acceptors (Lipinski definition) is 5. The molecule has 6 heteroatoms. The number of methoxy groups -OCH3 is 1. The summed E-state index contributed by atoms with van der Waals surface area (Å²) in [7, 11) is 1.29. The molecule has 0 aliphatic heterocycles. The number of ether oxygens (including phenoxy) is 1. The maximum atomic E-state index is 11.3. The van der Waals surface area contributed by atoms with Gasteiger partial charge in [0.25, 0.3) is 0 Å². The van der Waals surface area contributed by atoms with Crippen molar-refractivity contribution < 1.29 is 9.53 Å². The number of nitrogens with zero attached hydrogens (tertiary/aromatic N) is 3. The number of hydrogen-bond donors (Lipinski definition) is 1. The Hall–Kier alpha value is -2.37. The summed E-state index contributed by atoms with van der Waals surface area (Å²) in [4.78, 5) is 15.4. The van der Waals surface area contributed by atoms with E-state index >= 15 is 0 Å². The lowest BCUT2D eigenvalue weighted by atomic mass is 10.3. The maximum Gasteiger partial charge on any atom is 0.343 e. The summed E-state index contributed by atoms with van der Waals surface area (Å²) in [5, 5.41) is 3.98. The van der Waals surface area contributed by atoms with Crippen LogP contribution in [0.25, 0.3) is 5.82 Å².